The van der Waals surface area contributed by atoms with Crippen LogP contribution in [0.15, 0.2) is 16.6 Å². The van der Waals surface area contributed by atoms with E-state index in [9.17, 15) is 19.8 Å². The standard InChI is InChI=1S/C27H35BrO6/c1-7-8-34-25-16(28)9-15(10-21(25)33-6)22(23-17(29)11-26(2,3)12-18(23)30)24-19(31)13-27(4,5)14-20(24)32/h1,9-10,17,19,22-24,29,31H,8,11-14H2,2-6H3/t17-,19-,22?,23-,24+/m0/s1. The molecule has 2 fully saturated rings. The first-order chi connectivity index (χ1) is 15.8. The van der Waals surface area contributed by atoms with E-state index < -0.39 is 30.0 Å². The predicted molar refractivity (Wildman–Crippen MR) is 133 cm³/mol. The normalized spacial score (nSPS) is 29.3. The van der Waals surface area contributed by atoms with Crippen molar-refractivity contribution in [2.75, 3.05) is 13.7 Å². The number of hydrogen-bond donors (Lipinski definition) is 2. The van der Waals surface area contributed by atoms with Crippen LogP contribution in [0.3, 0.4) is 0 Å². The number of benzene rings is 1. The Balaban J connectivity index is 2.15. The van der Waals surface area contributed by atoms with Crippen molar-refractivity contribution in [1.29, 1.82) is 0 Å². The summed E-state index contributed by atoms with van der Waals surface area (Å²) in [4.78, 5) is 26.8. The SMILES string of the molecule is C#CCOc1c(Br)cc(C([C@H]2C(=O)CC(C)(C)C[C@@H]2O)[C@@H]2C(=O)CC(C)(C)C[C@@H]2O)cc1OC. The van der Waals surface area contributed by atoms with E-state index in [0.717, 1.165) is 0 Å². The Labute approximate surface area is 210 Å². The maximum atomic E-state index is 13.4. The van der Waals surface area contributed by atoms with Gasteiger partial charge >= 0.3 is 0 Å². The molecule has 2 saturated carbocycles. The molecule has 2 aliphatic rings. The van der Waals surface area contributed by atoms with E-state index in [-0.39, 0.29) is 29.0 Å². The summed E-state index contributed by atoms with van der Waals surface area (Å²) in [6.45, 7) is 7.88. The Hall–Kier alpha value is -1.88. The summed E-state index contributed by atoms with van der Waals surface area (Å²) < 4.78 is 11.7. The molecule has 0 radical (unpaired) electrons. The fraction of sp³-hybridized carbons (Fsp3) is 0.630. The predicted octanol–water partition coefficient (Wildman–Crippen LogP) is 4.29. The summed E-state index contributed by atoms with van der Waals surface area (Å²) >= 11 is 3.51. The highest BCUT2D eigenvalue weighted by Crippen LogP contribution is 2.51. The average Bonchev–Trinajstić information content (AvgIpc) is 2.68. The third kappa shape index (κ3) is 5.50. The molecule has 0 bridgehead atoms. The molecule has 1 aromatic carbocycles. The first-order valence-electron chi connectivity index (χ1n) is 11.7. The third-order valence-corrected chi connectivity index (χ3v) is 7.70. The van der Waals surface area contributed by atoms with Crippen molar-refractivity contribution in [3.8, 4) is 23.8 Å². The number of aliphatic hydroxyl groups excluding tert-OH is 2. The molecule has 5 atom stereocenters. The Morgan fingerprint density at radius 1 is 1.06 bits per heavy atom. The molecule has 3 rings (SSSR count). The van der Waals surface area contributed by atoms with E-state index in [4.69, 9.17) is 15.9 Å². The van der Waals surface area contributed by atoms with Crippen LogP contribution in [-0.4, -0.2) is 47.7 Å². The lowest BCUT2D eigenvalue weighted by Gasteiger charge is -2.46. The van der Waals surface area contributed by atoms with Crippen LogP contribution >= 0.6 is 15.9 Å². The molecule has 0 saturated heterocycles. The summed E-state index contributed by atoms with van der Waals surface area (Å²) in [5.74, 6) is 0.700. The van der Waals surface area contributed by atoms with Gasteiger partial charge in [0.15, 0.2) is 11.5 Å². The van der Waals surface area contributed by atoms with E-state index in [0.29, 0.717) is 47.2 Å². The summed E-state index contributed by atoms with van der Waals surface area (Å²) in [6, 6.07) is 3.50. The summed E-state index contributed by atoms with van der Waals surface area (Å²) in [5, 5.41) is 22.4. The Bertz CT molecular complexity index is 950. The number of terminal acetylenes is 1. The van der Waals surface area contributed by atoms with Crippen LogP contribution in [0, 0.1) is 35.0 Å². The second-order valence-electron chi connectivity index (χ2n) is 11.3. The second kappa shape index (κ2) is 10.0. The lowest BCUT2D eigenvalue weighted by molar-refractivity contribution is -0.144. The van der Waals surface area contributed by atoms with E-state index in [1.165, 1.54) is 7.11 Å². The molecule has 186 valence electrons. The number of methoxy groups -OCH3 is 1. The summed E-state index contributed by atoms with van der Waals surface area (Å²) in [6.07, 6.45) is 4.94. The van der Waals surface area contributed by atoms with Gasteiger partial charge in [0.1, 0.15) is 18.2 Å². The molecule has 2 N–H and O–H groups in total. The molecule has 0 heterocycles. The van der Waals surface area contributed by atoms with Crippen LogP contribution in [-0.2, 0) is 9.59 Å². The van der Waals surface area contributed by atoms with Crippen molar-refractivity contribution in [3.05, 3.63) is 22.2 Å². The van der Waals surface area contributed by atoms with Crippen LogP contribution in [0.1, 0.15) is 64.9 Å². The largest absolute Gasteiger partial charge is 0.493 e. The zero-order chi connectivity index (χ0) is 25.4. The van der Waals surface area contributed by atoms with Gasteiger partial charge in [-0.25, -0.2) is 0 Å². The minimum absolute atomic E-state index is 0.0432. The van der Waals surface area contributed by atoms with Crippen molar-refractivity contribution in [2.45, 2.75) is 71.5 Å². The molecule has 0 spiro atoms. The summed E-state index contributed by atoms with van der Waals surface area (Å²) in [7, 11) is 1.50. The molecule has 2 aliphatic carbocycles. The molecule has 1 aromatic rings. The van der Waals surface area contributed by atoms with Gasteiger partial charge in [0, 0.05) is 18.8 Å². The number of aliphatic hydroxyl groups is 2. The number of rotatable bonds is 6. The van der Waals surface area contributed by atoms with Gasteiger partial charge < -0.3 is 19.7 Å². The van der Waals surface area contributed by atoms with Crippen molar-refractivity contribution in [2.24, 2.45) is 22.7 Å². The van der Waals surface area contributed by atoms with Crippen LogP contribution in [0.4, 0.5) is 0 Å². The Kier molecular flexibility index (Phi) is 7.86. The maximum Gasteiger partial charge on any atom is 0.176 e. The number of ether oxygens (including phenoxy) is 2. The van der Waals surface area contributed by atoms with Gasteiger partial charge in [-0.05, 0) is 57.3 Å². The molecular weight excluding hydrogens is 500 g/mol. The van der Waals surface area contributed by atoms with E-state index in [2.05, 4.69) is 21.9 Å². The highest BCUT2D eigenvalue weighted by molar-refractivity contribution is 9.10. The molecular formula is C27H35BrO6. The molecule has 7 heteroatoms. The molecule has 6 nitrogen and oxygen atoms in total. The highest BCUT2D eigenvalue weighted by Gasteiger charge is 2.52. The number of halogens is 1. The van der Waals surface area contributed by atoms with Crippen LogP contribution in [0.2, 0.25) is 0 Å². The fourth-order valence-corrected chi connectivity index (χ4v) is 6.42. The highest BCUT2D eigenvalue weighted by atomic mass is 79.9. The number of ketones is 2. The Morgan fingerprint density at radius 2 is 1.56 bits per heavy atom. The van der Waals surface area contributed by atoms with Gasteiger partial charge in [-0.3, -0.25) is 9.59 Å². The summed E-state index contributed by atoms with van der Waals surface area (Å²) in [5.41, 5.74) is -0.0363. The van der Waals surface area contributed by atoms with Crippen LogP contribution < -0.4 is 9.47 Å². The number of Topliss-reactive ketones (excluding diaryl/α,β-unsaturated/α-hetero) is 2. The average molecular weight is 535 g/mol. The lowest BCUT2D eigenvalue weighted by atomic mass is 9.58. The van der Waals surface area contributed by atoms with Gasteiger partial charge in [0.2, 0.25) is 0 Å². The molecule has 0 aromatic heterocycles. The minimum Gasteiger partial charge on any atom is -0.493 e. The Morgan fingerprint density at radius 3 is 1.97 bits per heavy atom. The lowest BCUT2D eigenvalue weighted by Crippen LogP contribution is -2.51. The quantitative estimate of drug-likeness (QED) is 0.529. The van der Waals surface area contributed by atoms with Crippen LogP contribution in [0.25, 0.3) is 0 Å². The van der Waals surface area contributed by atoms with Crippen molar-refractivity contribution in [1.82, 2.24) is 0 Å². The van der Waals surface area contributed by atoms with E-state index >= 15 is 0 Å². The third-order valence-electron chi connectivity index (χ3n) is 7.11. The first-order valence-corrected chi connectivity index (χ1v) is 12.4. The van der Waals surface area contributed by atoms with Crippen molar-refractivity contribution < 1.29 is 29.3 Å². The molecule has 1 unspecified atom stereocenters. The first kappa shape index (κ1) is 26.7. The van der Waals surface area contributed by atoms with Crippen LogP contribution in [0.5, 0.6) is 11.5 Å². The van der Waals surface area contributed by atoms with Gasteiger partial charge in [-0.1, -0.05) is 33.6 Å². The number of hydrogen-bond acceptors (Lipinski definition) is 6. The monoisotopic (exact) mass is 534 g/mol. The fourth-order valence-electron chi connectivity index (χ4n) is 5.84. The van der Waals surface area contributed by atoms with Gasteiger partial charge in [-0.15, -0.1) is 6.42 Å². The zero-order valence-electron chi connectivity index (χ0n) is 20.6. The number of carbonyl (C=O) groups is 2. The topological polar surface area (TPSA) is 93.1 Å². The maximum absolute atomic E-state index is 13.4. The minimum atomic E-state index is -0.932. The zero-order valence-corrected chi connectivity index (χ0v) is 22.1. The van der Waals surface area contributed by atoms with Gasteiger partial charge in [-0.2, -0.15) is 0 Å². The molecule has 34 heavy (non-hydrogen) atoms. The van der Waals surface area contributed by atoms with Gasteiger partial charge in [0.05, 0.1) is 35.6 Å². The second-order valence-corrected chi connectivity index (χ2v) is 12.1. The molecule has 0 amide bonds. The molecule has 0 aliphatic heterocycles. The van der Waals surface area contributed by atoms with Crippen molar-refractivity contribution >= 4 is 27.5 Å². The van der Waals surface area contributed by atoms with Crippen molar-refractivity contribution in [3.63, 3.8) is 0 Å². The van der Waals surface area contributed by atoms with E-state index in [1.807, 2.05) is 27.7 Å². The van der Waals surface area contributed by atoms with E-state index in [1.54, 1.807) is 12.1 Å². The smallest absolute Gasteiger partial charge is 0.176 e. The van der Waals surface area contributed by atoms with Gasteiger partial charge in [0.25, 0.3) is 0 Å². The number of carbonyl (C=O) groups excluding carboxylic acids is 2.